The first-order chi connectivity index (χ1) is 13.0. The number of anilines is 1. The molecule has 0 radical (unpaired) electrons. The van der Waals surface area contributed by atoms with Crippen molar-refractivity contribution >= 4 is 17.3 Å². The Kier molecular flexibility index (Phi) is 4.90. The Morgan fingerprint density at radius 3 is 2.59 bits per heavy atom. The third kappa shape index (κ3) is 3.71. The highest BCUT2D eigenvalue weighted by atomic mass is 35.5. The van der Waals surface area contributed by atoms with Gasteiger partial charge in [-0.2, -0.15) is 0 Å². The van der Waals surface area contributed by atoms with Gasteiger partial charge < -0.3 is 10.6 Å². The number of fused-ring (bicyclic) bond motifs is 1. The van der Waals surface area contributed by atoms with Crippen LogP contribution in [-0.2, 0) is 13.0 Å². The van der Waals surface area contributed by atoms with Crippen molar-refractivity contribution in [3.05, 3.63) is 99.8 Å². The molecule has 0 spiro atoms. The highest BCUT2D eigenvalue weighted by molar-refractivity contribution is 6.30. The molecule has 27 heavy (non-hydrogen) atoms. The fraction of sp³-hybridized carbons (Fsp3) is 0.217. The lowest BCUT2D eigenvalue weighted by molar-refractivity contribution is 0.602. The fourth-order valence-corrected chi connectivity index (χ4v) is 4.11. The van der Waals surface area contributed by atoms with Crippen LogP contribution in [0.1, 0.15) is 34.2 Å². The quantitative estimate of drug-likeness (QED) is 0.651. The van der Waals surface area contributed by atoms with Gasteiger partial charge in [0.05, 0.1) is 0 Å². The molecule has 1 aliphatic rings. The maximum absolute atomic E-state index is 13.1. The number of halogens is 2. The van der Waals surface area contributed by atoms with Gasteiger partial charge in [0, 0.05) is 36.3 Å². The summed E-state index contributed by atoms with van der Waals surface area (Å²) in [5.74, 6) is 0.0355. The van der Waals surface area contributed by atoms with Crippen LogP contribution in [-0.4, -0.2) is 7.05 Å². The first kappa shape index (κ1) is 18.0. The zero-order valence-electron chi connectivity index (χ0n) is 15.2. The largest absolute Gasteiger partial charge is 0.370 e. The summed E-state index contributed by atoms with van der Waals surface area (Å²) < 4.78 is 13.1. The average molecular weight is 381 g/mol. The molecule has 0 amide bonds. The minimum atomic E-state index is -0.211. The second-order valence-electron chi connectivity index (χ2n) is 7.26. The zero-order valence-corrected chi connectivity index (χ0v) is 16.0. The van der Waals surface area contributed by atoms with Crippen LogP contribution in [0.2, 0.25) is 5.02 Å². The van der Waals surface area contributed by atoms with Crippen LogP contribution < -0.4 is 10.6 Å². The molecule has 2 unspecified atom stereocenters. The highest BCUT2D eigenvalue weighted by Gasteiger charge is 2.31. The lowest BCUT2D eigenvalue weighted by Crippen LogP contribution is -2.18. The third-order valence-electron chi connectivity index (χ3n) is 5.41. The van der Waals surface area contributed by atoms with E-state index < -0.39 is 0 Å². The van der Waals surface area contributed by atoms with Crippen LogP contribution >= 0.6 is 11.6 Å². The summed E-state index contributed by atoms with van der Waals surface area (Å²) in [6.45, 7) is 0.714. The van der Waals surface area contributed by atoms with Crippen molar-refractivity contribution in [3.63, 3.8) is 0 Å². The smallest absolute Gasteiger partial charge is 0.123 e. The molecule has 0 saturated carbocycles. The Labute approximate surface area is 164 Å². The molecular formula is C23H22ClFN2. The Morgan fingerprint density at radius 1 is 1.07 bits per heavy atom. The molecule has 2 nitrogen and oxygen atoms in total. The van der Waals surface area contributed by atoms with Crippen molar-refractivity contribution in [2.24, 2.45) is 5.73 Å². The Hall–Kier alpha value is -2.36. The average Bonchev–Trinajstić information content (AvgIpc) is 3.00. The number of rotatable bonds is 4. The molecule has 3 aromatic carbocycles. The molecule has 138 valence electrons. The standard InChI is InChI=1S/C23H22ClFN2/c1-27(14-15-5-8-19(25)9-6-15)20-10-7-17-12-21(23(26)22(17)13-20)16-3-2-4-18(24)11-16/h2-11,13,21,23H,12,14,26H2,1H3. The van der Waals surface area contributed by atoms with E-state index in [-0.39, 0.29) is 17.8 Å². The molecule has 0 aromatic heterocycles. The van der Waals surface area contributed by atoms with Crippen LogP contribution in [0.4, 0.5) is 10.1 Å². The second-order valence-corrected chi connectivity index (χ2v) is 7.69. The molecule has 2 N–H and O–H groups in total. The molecule has 2 atom stereocenters. The van der Waals surface area contributed by atoms with Crippen LogP contribution in [0.15, 0.2) is 66.7 Å². The predicted molar refractivity (Wildman–Crippen MR) is 110 cm³/mol. The van der Waals surface area contributed by atoms with Crippen molar-refractivity contribution in [1.82, 2.24) is 0 Å². The van der Waals surface area contributed by atoms with Gasteiger partial charge >= 0.3 is 0 Å². The normalized spacial score (nSPS) is 18.4. The molecule has 1 aliphatic carbocycles. The molecule has 0 saturated heterocycles. The Balaban J connectivity index is 1.55. The first-order valence-corrected chi connectivity index (χ1v) is 9.48. The van der Waals surface area contributed by atoms with Crippen LogP contribution in [0.3, 0.4) is 0 Å². The van der Waals surface area contributed by atoms with E-state index >= 15 is 0 Å². The molecule has 4 rings (SSSR count). The summed E-state index contributed by atoms with van der Waals surface area (Å²) in [4.78, 5) is 2.16. The first-order valence-electron chi connectivity index (χ1n) is 9.11. The van der Waals surface area contributed by atoms with E-state index in [4.69, 9.17) is 17.3 Å². The van der Waals surface area contributed by atoms with Gasteiger partial charge in [-0.15, -0.1) is 0 Å². The minimum Gasteiger partial charge on any atom is -0.370 e. The molecule has 3 aromatic rings. The van der Waals surface area contributed by atoms with Crippen molar-refractivity contribution in [2.45, 2.75) is 24.9 Å². The molecule has 0 bridgehead atoms. The lowest BCUT2D eigenvalue weighted by Gasteiger charge is -2.21. The number of hydrogen-bond acceptors (Lipinski definition) is 2. The van der Waals surface area contributed by atoms with Crippen LogP contribution in [0.25, 0.3) is 0 Å². The zero-order chi connectivity index (χ0) is 19.0. The van der Waals surface area contributed by atoms with Crippen molar-refractivity contribution in [2.75, 3.05) is 11.9 Å². The summed E-state index contributed by atoms with van der Waals surface area (Å²) in [6, 6.07) is 21.1. The summed E-state index contributed by atoms with van der Waals surface area (Å²) in [7, 11) is 2.04. The van der Waals surface area contributed by atoms with E-state index in [0.717, 1.165) is 22.7 Å². The van der Waals surface area contributed by atoms with Crippen molar-refractivity contribution in [3.8, 4) is 0 Å². The SMILES string of the molecule is CN(Cc1ccc(F)cc1)c1ccc2c(c1)C(N)C(c1cccc(Cl)c1)C2. The molecule has 0 heterocycles. The summed E-state index contributed by atoms with van der Waals surface area (Å²) in [5.41, 5.74) is 12.5. The van der Waals surface area contributed by atoms with Crippen molar-refractivity contribution in [1.29, 1.82) is 0 Å². The van der Waals surface area contributed by atoms with Gasteiger partial charge in [-0.1, -0.05) is 41.9 Å². The van der Waals surface area contributed by atoms with Gasteiger partial charge in [-0.3, -0.25) is 0 Å². The van der Waals surface area contributed by atoms with E-state index in [1.54, 1.807) is 0 Å². The fourth-order valence-electron chi connectivity index (χ4n) is 3.91. The number of hydrogen-bond donors (Lipinski definition) is 1. The van der Waals surface area contributed by atoms with E-state index in [0.29, 0.717) is 6.54 Å². The van der Waals surface area contributed by atoms with E-state index in [9.17, 15) is 4.39 Å². The number of nitrogens with zero attached hydrogens (tertiary/aromatic N) is 1. The molecule has 4 heteroatoms. The monoisotopic (exact) mass is 380 g/mol. The minimum absolute atomic E-state index is 0.0439. The molecule has 0 aliphatic heterocycles. The lowest BCUT2D eigenvalue weighted by atomic mass is 9.93. The second kappa shape index (κ2) is 7.34. The number of nitrogens with two attached hydrogens (primary N) is 1. The van der Waals surface area contributed by atoms with Gasteiger partial charge in [0.15, 0.2) is 0 Å². The number of benzene rings is 3. The summed E-state index contributed by atoms with van der Waals surface area (Å²) >= 11 is 6.16. The maximum atomic E-state index is 13.1. The van der Waals surface area contributed by atoms with Gasteiger partial charge in [-0.05, 0) is 65.1 Å². The van der Waals surface area contributed by atoms with Gasteiger partial charge in [0.2, 0.25) is 0 Å². The predicted octanol–water partition coefficient (Wildman–Crippen LogP) is 5.46. The third-order valence-corrected chi connectivity index (χ3v) is 5.65. The van der Waals surface area contributed by atoms with E-state index in [1.165, 1.54) is 28.8 Å². The highest BCUT2D eigenvalue weighted by Crippen LogP contribution is 2.42. The van der Waals surface area contributed by atoms with Crippen LogP contribution in [0.5, 0.6) is 0 Å². The van der Waals surface area contributed by atoms with Gasteiger partial charge in [-0.25, -0.2) is 4.39 Å². The van der Waals surface area contributed by atoms with E-state index in [1.807, 2.05) is 37.4 Å². The van der Waals surface area contributed by atoms with E-state index in [2.05, 4.69) is 29.2 Å². The Morgan fingerprint density at radius 2 is 1.85 bits per heavy atom. The van der Waals surface area contributed by atoms with Crippen molar-refractivity contribution < 1.29 is 4.39 Å². The van der Waals surface area contributed by atoms with Gasteiger partial charge in [0.1, 0.15) is 5.82 Å². The Bertz CT molecular complexity index is 955. The topological polar surface area (TPSA) is 29.3 Å². The molecular weight excluding hydrogens is 359 g/mol. The van der Waals surface area contributed by atoms with Crippen LogP contribution in [0, 0.1) is 5.82 Å². The summed E-state index contributed by atoms with van der Waals surface area (Å²) in [6.07, 6.45) is 0.929. The maximum Gasteiger partial charge on any atom is 0.123 e. The summed E-state index contributed by atoms with van der Waals surface area (Å²) in [5, 5.41) is 0.746. The van der Waals surface area contributed by atoms with Gasteiger partial charge in [0.25, 0.3) is 0 Å². The molecule has 0 fully saturated rings.